The highest BCUT2D eigenvalue weighted by molar-refractivity contribution is 5.69. The van der Waals surface area contributed by atoms with Gasteiger partial charge in [0.1, 0.15) is 0 Å². The van der Waals surface area contributed by atoms with E-state index < -0.39 is 5.97 Å². The molecule has 1 aliphatic carbocycles. The number of hydrogen-bond acceptors (Lipinski definition) is 4. The molecule has 1 aliphatic rings. The maximum Gasteiger partial charge on any atom is 0.306 e. The summed E-state index contributed by atoms with van der Waals surface area (Å²) in [5.74, 6) is 1.05. The van der Waals surface area contributed by atoms with Gasteiger partial charge in [-0.05, 0) is 35.6 Å². The molecule has 6 heteroatoms. The first-order chi connectivity index (χ1) is 9.08. The second kappa shape index (κ2) is 6.12. The Balaban J connectivity index is 1.96. The predicted molar refractivity (Wildman–Crippen MR) is 69.6 cm³/mol. The first-order valence-electron chi connectivity index (χ1n) is 7.06. The van der Waals surface area contributed by atoms with Crippen LogP contribution in [0.3, 0.4) is 0 Å². The normalized spacial score (nSPS) is 25.2. The van der Waals surface area contributed by atoms with Gasteiger partial charge in [-0.2, -0.15) is 0 Å². The van der Waals surface area contributed by atoms with Crippen LogP contribution in [0.15, 0.2) is 0 Å². The molecule has 19 heavy (non-hydrogen) atoms. The number of tetrazole rings is 1. The number of aromatic nitrogens is 4. The Hall–Kier alpha value is -1.46. The number of aliphatic carboxylic acids is 1. The van der Waals surface area contributed by atoms with Crippen molar-refractivity contribution in [2.75, 3.05) is 0 Å². The molecule has 6 nitrogen and oxygen atoms in total. The van der Waals surface area contributed by atoms with Crippen molar-refractivity contribution in [2.45, 2.75) is 58.4 Å². The second-order valence-electron chi connectivity index (χ2n) is 5.74. The van der Waals surface area contributed by atoms with Crippen LogP contribution < -0.4 is 0 Å². The number of aryl methyl sites for hydroxylation is 1. The van der Waals surface area contributed by atoms with Gasteiger partial charge in [-0.25, -0.2) is 4.68 Å². The summed E-state index contributed by atoms with van der Waals surface area (Å²) >= 11 is 0. The van der Waals surface area contributed by atoms with Crippen molar-refractivity contribution in [3.63, 3.8) is 0 Å². The first kappa shape index (κ1) is 14.0. The van der Waals surface area contributed by atoms with Gasteiger partial charge in [-0.3, -0.25) is 4.79 Å². The Labute approximate surface area is 113 Å². The summed E-state index contributed by atoms with van der Waals surface area (Å²) in [6.07, 6.45) is 5.29. The highest BCUT2D eigenvalue weighted by Gasteiger charge is 2.24. The summed E-state index contributed by atoms with van der Waals surface area (Å²) in [5, 5.41) is 20.8. The van der Waals surface area contributed by atoms with E-state index in [9.17, 15) is 4.79 Å². The zero-order chi connectivity index (χ0) is 13.8. The molecule has 0 saturated heterocycles. The number of carboxylic acid groups (broad SMARTS) is 1. The Bertz CT molecular complexity index is 424. The minimum absolute atomic E-state index is 0.358. The Morgan fingerprint density at radius 2 is 2.11 bits per heavy atom. The summed E-state index contributed by atoms with van der Waals surface area (Å²) in [6, 6.07) is 0. The lowest BCUT2D eigenvalue weighted by atomic mass is 9.82. The summed E-state index contributed by atoms with van der Waals surface area (Å²) in [5.41, 5.74) is 0. The molecule has 1 heterocycles. The molecular formula is C13H22N4O2. The molecule has 2 rings (SSSR count). The number of hydrogen-bond donors (Lipinski definition) is 1. The molecule has 1 N–H and O–H groups in total. The molecule has 1 saturated carbocycles. The van der Waals surface area contributed by atoms with E-state index >= 15 is 0 Å². The minimum atomic E-state index is -0.763. The van der Waals surface area contributed by atoms with Crippen LogP contribution in [-0.4, -0.2) is 31.3 Å². The maximum atomic E-state index is 10.8. The van der Waals surface area contributed by atoms with Crippen molar-refractivity contribution in [1.82, 2.24) is 20.2 Å². The molecule has 1 aromatic heterocycles. The molecule has 0 aromatic carbocycles. The Kier molecular flexibility index (Phi) is 4.50. The highest BCUT2D eigenvalue weighted by Crippen LogP contribution is 2.34. The zero-order valence-corrected chi connectivity index (χ0v) is 11.6. The fraction of sp³-hybridized carbons (Fsp3) is 0.846. The topological polar surface area (TPSA) is 80.9 Å². The Morgan fingerprint density at radius 1 is 1.42 bits per heavy atom. The van der Waals surface area contributed by atoms with Crippen LogP contribution in [0.1, 0.15) is 57.7 Å². The molecule has 1 atom stereocenters. The van der Waals surface area contributed by atoms with Crippen molar-refractivity contribution in [3.05, 3.63) is 5.82 Å². The van der Waals surface area contributed by atoms with E-state index in [1.807, 2.05) is 0 Å². The molecule has 0 aliphatic heterocycles. The van der Waals surface area contributed by atoms with Crippen LogP contribution in [0.4, 0.5) is 0 Å². The fourth-order valence-corrected chi connectivity index (χ4v) is 2.62. The van der Waals surface area contributed by atoms with Crippen LogP contribution in [0.2, 0.25) is 0 Å². The van der Waals surface area contributed by atoms with Crippen LogP contribution in [0.5, 0.6) is 0 Å². The lowest BCUT2D eigenvalue weighted by Crippen LogP contribution is -2.18. The van der Waals surface area contributed by atoms with Gasteiger partial charge in [0.05, 0.1) is 5.92 Å². The van der Waals surface area contributed by atoms with E-state index in [2.05, 4.69) is 22.4 Å². The van der Waals surface area contributed by atoms with Crippen molar-refractivity contribution < 1.29 is 9.90 Å². The van der Waals surface area contributed by atoms with Gasteiger partial charge in [-0.1, -0.05) is 26.7 Å². The monoisotopic (exact) mass is 266 g/mol. The quantitative estimate of drug-likeness (QED) is 0.882. The average Bonchev–Trinajstić information content (AvgIpc) is 2.85. The number of carbonyl (C=O) groups is 1. The van der Waals surface area contributed by atoms with Crippen LogP contribution in [0.25, 0.3) is 0 Å². The molecule has 0 bridgehead atoms. The van der Waals surface area contributed by atoms with Crippen LogP contribution in [-0.2, 0) is 11.3 Å². The van der Waals surface area contributed by atoms with E-state index in [-0.39, 0.29) is 5.92 Å². The number of rotatable bonds is 5. The fourth-order valence-electron chi connectivity index (χ4n) is 2.62. The molecule has 0 spiro atoms. The molecule has 106 valence electrons. The maximum absolute atomic E-state index is 10.8. The standard InChI is InChI=1S/C13H22N4O2/c1-9-3-5-11(6-4-9)12-14-15-16-17(12)8-7-10(2)13(18)19/h9-11H,3-8H2,1-2H3,(H,18,19). The van der Waals surface area contributed by atoms with Crippen molar-refractivity contribution in [3.8, 4) is 0 Å². The summed E-state index contributed by atoms with van der Waals surface area (Å²) in [6.45, 7) is 4.59. The third kappa shape index (κ3) is 3.52. The average molecular weight is 266 g/mol. The first-order valence-corrected chi connectivity index (χ1v) is 7.06. The SMILES string of the molecule is CC1CCC(c2nnnn2CCC(C)C(=O)O)CC1. The van der Waals surface area contributed by atoms with Crippen molar-refractivity contribution >= 4 is 5.97 Å². The van der Waals surface area contributed by atoms with E-state index in [1.54, 1.807) is 11.6 Å². The van der Waals surface area contributed by atoms with Crippen LogP contribution >= 0.6 is 0 Å². The minimum Gasteiger partial charge on any atom is -0.481 e. The van der Waals surface area contributed by atoms with Gasteiger partial charge in [0.25, 0.3) is 0 Å². The summed E-state index contributed by atoms with van der Waals surface area (Å²) < 4.78 is 1.79. The predicted octanol–water partition coefficient (Wildman–Crippen LogP) is 2.08. The molecule has 1 aromatic rings. The summed E-state index contributed by atoms with van der Waals surface area (Å²) in [4.78, 5) is 10.8. The Morgan fingerprint density at radius 3 is 2.74 bits per heavy atom. The third-order valence-electron chi connectivity index (χ3n) is 4.14. The molecule has 0 radical (unpaired) electrons. The van der Waals surface area contributed by atoms with Gasteiger partial charge >= 0.3 is 5.97 Å². The molecule has 1 fully saturated rings. The van der Waals surface area contributed by atoms with E-state index in [1.165, 1.54) is 12.8 Å². The number of nitrogens with zero attached hydrogens (tertiary/aromatic N) is 4. The van der Waals surface area contributed by atoms with E-state index in [0.717, 1.165) is 24.6 Å². The van der Waals surface area contributed by atoms with Crippen LogP contribution in [0, 0.1) is 11.8 Å². The van der Waals surface area contributed by atoms with E-state index in [4.69, 9.17) is 5.11 Å². The zero-order valence-electron chi connectivity index (χ0n) is 11.6. The molecule has 0 amide bonds. The van der Waals surface area contributed by atoms with Gasteiger partial charge in [0, 0.05) is 12.5 Å². The summed E-state index contributed by atoms with van der Waals surface area (Å²) in [7, 11) is 0. The smallest absolute Gasteiger partial charge is 0.306 e. The third-order valence-corrected chi connectivity index (χ3v) is 4.14. The van der Waals surface area contributed by atoms with Crippen molar-refractivity contribution in [2.24, 2.45) is 11.8 Å². The van der Waals surface area contributed by atoms with Gasteiger partial charge < -0.3 is 5.11 Å². The lowest BCUT2D eigenvalue weighted by Gasteiger charge is -2.25. The van der Waals surface area contributed by atoms with Crippen molar-refractivity contribution in [1.29, 1.82) is 0 Å². The second-order valence-corrected chi connectivity index (χ2v) is 5.74. The number of carboxylic acids is 1. The molecular weight excluding hydrogens is 244 g/mol. The largest absolute Gasteiger partial charge is 0.481 e. The lowest BCUT2D eigenvalue weighted by molar-refractivity contribution is -0.141. The molecule has 1 unspecified atom stereocenters. The van der Waals surface area contributed by atoms with Gasteiger partial charge in [-0.15, -0.1) is 5.10 Å². The highest BCUT2D eigenvalue weighted by atomic mass is 16.4. The van der Waals surface area contributed by atoms with E-state index in [0.29, 0.717) is 18.9 Å². The van der Waals surface area contributed by atoms with Gasteiger partial charge in [0.15, 0.2) is 5.82 Å². The van der Waals surface area contributed by atoms with Gasteiger partial charge in [0.2, 0.25) is 0 Å².